The molecule has 0 unspecified atom stereocenters. The molecule has 0 aliphatic carbocycles. The zero-order chi connectivity index (χ0) is 21.3. The normalized spacial score (nSPS) is 17.7. The molecule has 1 aromatic heterocycles. The Bertz CT molecular complexity index is 1110. The Balaban J connectivity index is 1.47. The minimum absolute atomic E-state index is 0.0926. The molecule has 1 fully saturated rings. The smallest absolute Gasteiger partial charge is 0.259 e. The average Bonchev–Trinajstić information content (AvgIpc) is 3.21. The maximum Gasteiger partial charge on any atom is 0.259 e. The van der Waals surface area contributed by atoms with E-state index in [9.17, 15) is 14.7 Å². The number of thiazole rings is 1. The molecule has 2 aromatic carbocycles. The fourth-order valence-electron chi connectivity index (χ4n) is 3.19. The zero-order valence-corrected chi connectivity index (χ0v) is 16.6. The van der Waals surface area contributed by atoms with Crippen LogP contribution in [-0.2, 0) is 14.3 Å². The van der Waals surface area contributed by atoms with E-state index in [1.807, 2.05) is 12.1 Å². The second-order valence-electron chi connectivity index (χ2n) is 6.71. The molecule has 0 bridgehead atoms. The van der Waals surface area contributed by atoms with Crippen LogP contribution >= 0.6 is 11.3 Å². The van der Waals surface area contributed by atoms with Crippen LogP contribution in [0.1, 0.15) is 5.56 Å². The zero-order valence-electron chi connectivity index (χ0n) is 15.7. The number of benzene rings is 2. The summed E-state index contributed by atoms with van der Waals surface area (Å²) in [5, 5.41) is 20.4. The van der Waals surface area contributed by atoms with Crippen molar-refractivity contribution in [1.82, 2.24) is 4.98 Å². The highest BCUT2D eigenvalue weighted by atomic mass is 32.1. The van der Waals surface area contributed by atoms with Crippen molar-refractivity contribution in [2.24, 2.45) is 5.73 Å². The number of carbonyl (C=O) groups excluding carboxylic acids is 2. The van der Waals surface area contributed by atoms with E-state index in [1.165, 1.54) is 16.2 Å². The van der Waals surface area contributed by atoms with Crippen molar-refractivity contribution >= 4 is 50.6 Å². The number of aliphatic hydroxyl groups excluding tert-OH is 1. The number of amides is 2. The molecule has 10 heteroatoms. The number of carbonyl (C=O) groups is 2. The quantitative estimate of drug-likeness (QED) is 0.359. The average molecular weight is 425 g/mol. The van der Waals surface area contributed by atoms with E-state index < -0.39 is 24.0 Å². The Labute approximate surface area is 175 Å². The number of nitrogen functional groups attached to an aromatic ring is 1. The van der Waals surface area contributed by atoms with Crippen LogP contribution in [0.2, 0.25) is 0 Å². The molecule has 0 saturated carbocycles. The first-order valence-electron chi connectivity index (χ1n) is 9.13. The first-order chi connectivity index (χ1) is 14.4. The number of aromatic nitrogens is 1. The fraction of sp³-hybridized carbons (Fsp3) is 0.200. The number of anilines is 2. The summed E-state index contributed by atoms with van der Waals surface area (Å²) in [4.78, 5) is 31.1. The summed E-state index contributed by atoms with van der Waals surface area (Å²) < 4.78 is 6.43. The van der Waals surface area contributed by atoms with Crippen LogP contribution in [0.3, 0.4) is 0 Å². The van der Waals surface area contributed by atoms with E-state index >= 15 is 0 Å². The largest absolute Gasteiger partial charge is 0.384 e. The predicted octanol–water partition coefficient (Wildman–Crippen LogP) is 1.31. The summed E-state index contributed by atoms with van der Waals surface area (Å²) in [6, 6.07) is 11.7. The van der Waals surface area contributed by atoms with E-state index in [0.717, 1.165) is 10.2 Å². The van der Waals surface area contributed by atoms with Crippen LogP contribution < -0.4 is 16.0 Å². The molecule has 30 heavy (non-hydrogen) atoms. The van der Waals surface area contributed by atoms with Crippen LogP contribution in [-0.4, -0.2) is 53.1 Å². The summed E-state index contributed by atoms with van der Waals surface area (Å²) in [5.41, 5.74) is 9.46. The third-order valence-corrected chi connectivity index (χ3v) is 5.58. The molecule has 5 N–H and O–H groups in total. The summed E-state index contributed by atoms with van der Waals surface area (Å²) in [6.45, 7) is 0.495. The van der Waals surface area contributed by atoms with E-state index in [-0.39, 0.29) is 12.4 Å². The standard InChI is InChI=1S/C20H19N5O4S/c21-18(22)11-1-3-12(4-2-11)24-19(27)16(26)17-20(28)25(7-8-29-17)13-5-6-15-14(9-13)23-10-30-15/h1-6,9-10,16-17,26H,7-8H2,(H3,21,22)(H,24,27)/t16-,17-/m1/s1. The number of amidine groups is 1. The lowest BCUT2D eigenvalue weighted by Crippen LogP contribution is -2.55. The van der Waals surface area contributed by atoms with Crippen molar-refractivity contribution in [3.05, 3.63) is 53.5 Å². The third kappa shape index (κ3) is 3.88. The molecular formula is C20H19N5O4S. The van der Waals surface area contributed by atoms with E-state index in [1.54, 1.807) is 35.8 Å². The molecule has 0 radical (unpaired) electrons. The molecule has 1 saturated heterocycles. The van der Waals surface area contributed by atoms with Crippen LogP contribution in [0.5, 0.6) is 0 Å². The van der Waals surface area contributed by atoms with Crippen LogP contribution in [0, 0.1) is 5.41 Å². The summed E-state index contributed by atoms with van der Waals surface area (Å²) in [7, 11) is 0. The van der Waals surface area contributed by atoms with Crippen molar-refractivity contribution in [1.29, 1.82) is 5.41 Å². The van der Waals surface area contributed by atoms with Crippen LogP contribution in [0.4, 0.5) is 11.4 Å². The highest BCUT2D eigenvalue weighted by molar-refractivity contribution is 7.16. The fourth-order valence-corrected chi connectivity index (χ4v) is 3.85. The van der Waals surface area contributed by atoms with Crippen molar-refractivity contribution < 1.29 is 19.4 Å². The second kappa shape index (κ2) is 8.19. The van der Waals surface area contributed by atoms with Gasteiger partial charge in [0, 0.05) is 23.5 Å². The minimum atomic E-state index is -1.68. The second-order valence-corrected chi connectivity index (χ2v) is 7.60. The number of ether oxygens (including phenoxy) is 1. The molecule has 1 aliphatic rings. The lowest BCUT2D eigenvalue weighted by molar-refractivity contribution is -0.150. The molecule has 2 atom stereocenters. The van der Waals surface area contributed by atoms with Gasteiger partial charge in [-0.15, -0.1) is 11.3 Å². The van der Waals surface area contributed by atoms with Gasteiger partial charge >= 0.3 is 0 Å². The molecule has 2 amide bonds. The highest BCUT2D eigenvalue weighted by Crippen LogP contribution is 2.26. The van der Waals surface area contributed by atoms with Gasteiger partial charge in [0.15, 0.2) is 12.2 Å². The van der Waals surface area contributed by atoms with E-state index in [2.05, 4.69) is 10.3 Å². The first-order valence-corrected chi connectivity index (χ1v) is 10.0. The Kier molecular flexibility index (Phi) is 5.44. The number of nitrogens with one attached hydrogen (secondary N) is 2. The first kappa shape index (κ1) is 20.0. The third-order valence-electron chi connectivity index (χ3n) is 4.77. The van der Waals surface area contributed by atoms with Crippen LogP contribution in [0.15, 0.2) is 48.0 Å². The Morgan fingerprint density at radius 2 is 2.10 bits per heavy atom. The lowest BCUT2D eigenvalue weighted by Gasteiger charge is -2.34. The molecule has 3 aromatic rings. The lowest BCUT2D eigenvalue weighted by atomic mass is 10.1. The Morgan fingerprint density at radius 3 is 2.83 bits per heavy atom. The SMILES string of the molecule is N=C(N)c1ccc(NC(=O)[C@H](O)[C@H]2OCCN(c3ccc4scnc4c3)C2=O)cc1. The number of nitrogens with zero attached hydrogens (tertiary/aromatic N) is 2. The molecular weight excluding hydrogens is 406 g/mol. The van der Waals surface area contributed by atoms with Gasteiger partial charge in [-0.2, -0.15) is 0 Å². The minimum Gasteiger partial charge on any atom is -0.384 e. The van der Waals surface area contributed by atoms with Gasteiger partial charge in [-0.3, -0.25) is 15.0 Å². The number of aliphatic hydroxyl groups is 1. The van der Waals surface area contributed by atoms with Gasteiger partial charge in [0.2, 0.25) is 0 Å². The molecule has 2 heterocycles. The Morgan fingerprint density at radius 1 is 1.33 bits per heavy atom. The number of fused-ring (bicyclic) bond motifs is 1. The predicted molar refractivity (Wildman–Crippen MR) is 114 cm³/mol. The number of hydrogen-bond acceptors (Lipinski definition) is 7. The van der Waals surface area contributed by atoms with Gasteiger partial charge in [-0.1, -0.05) is 0 Å². The molecule has 154 valence electrons. The molecule has 4 rings (SSSR count). The van der Waals surface area contributed by atoms with Gasteiger partial charge in [-0.05, 0) is 42.5 Å². The molecule has 1 aliphatic heterocycles. The van der Waals surface area contributed by atoms with Crippen molar-refractivity contribution in [2.75, 3.05) is 23.4 Å². The van der Waals surface area contributed by atoms with Gasteiger partial charge in [-0.25, -0.2) is 4.98 Å². The summed E-state index contributed by atoms with van der Waals surface area (Å²) in [5.74, 6) is -1.35. The summed E-state index contributed by atoms with van der Waals surface area (Å²) in [6.07, 6.45) is -3.00. The van der Waals surface area contributed by atoms with Crippen LogP contribution in [0.25, 0.3) is 10.2 Å². The van der Waals surface area contributed by atoms with Gasteiger partial charge in [0.05, 0.1) is 22.3 Å². The number of rotatable bonds is 5. The Hall–Kier alpha value is -3.34. The number of morpholine rings is 1. The van der Waals surface area contributed by atoms with Crippen molar-refractivity contribution in [3.8, 4) is 0 Å². The van der Waals surface area contributed by atoms with E-state index in [4.69, 9.17) is 15.9 Å². The van der Waals surface area contributed by atoms with Crippen molar-refractivity contribution in [3.63, 3.8) is 0 Å². The molecule has 0 spiro atoms. The highest BCUT2D eigenvalue weighted by Gasteiger charge is 2.39. The van der Waals surface area contributed by atoms with E-state index in [0.29, 0.717) is 23.5 Å². The van der Waals surface area contributed by atoms with Gasteiger partial charge in [0.25, 0.3) is 11.8 Å². The van der Waals surface area contributed by atoms with Gasteiger partial charge < -0.3 is 25.8 Å². The molecule has 9 nitrogen and oxygen atoms in total. The topological polar surface area (TPSA) is 142 Å². The van der Waals surface area contributed by atoms with Gasteiger partial charge in [0.1, 0.15) is 5.84 Å². The maximum absolute atomic E-state index is 12.9. The number of hydrogen-bond donors (Lipinski definition) is 4. The maximum atomic E-state index is 12.9. The summed E-state index contributed by atoms with van der Waals surface area (Å²) >= 11 is 1.51. The van der Waals surface area contributed by atoms with Crippen molar-refractivity contribution in [2.45, 2.75) is 12.2 Å². The monoisotopic (exact) mass is 425 g/mol. The number of nitrogens with two attached hydrogens (primary N) is 1.